The molecule has 0 radical (unpaired) electrons. The average molecular weight is 299 g/mol. The highest BCUT2D eigenvalue weighted by Gasteiger charge is 2.35. The fourth-order valence-electron chi connectivity index (χ4n) is 2.47. The molecule has 0 fully saturated rings. The standard InChI is InChI=1S/C15H23F2N3O/c1-3-4-5-8-15(16,17)21-14-13(18-11-19-14)12-7-6-9-20(2)10-12/h7H,3-6,8-11H2,1-2H3. The van der Waals surface area contributed by atoms with Crippen molar-refractivity contribution >= 4 is 11.6 Å². The van der Waals surface area contributed by atoms with Crippen LogP contribution in [0.25, 0.3) is 0 Å². The lowest BCUT2D eigenvalue weighted by atomic mass is 10.1. The SMILES string of the molecule is CCCCCC(F)(F)OC1=NCN=C1C1=CCCN(C)C1. The molecule has 21 heavy (non-hydrogen) atoms. The molecule has 2 aliphatic rings. The van der Waals surface area contributed by atoms with Crippen LogP contribution in [0.4, 0.5) is 8.78 Å². The first-order valence-electron chi connectivity index (χ1n) is 7.56. The molecule has 4 nitrogen and oxygen atoms in total. The van der Waals surface area contributed by atoms with Crippen molar-refractivity contribution in [2.45, 2.75) is 45.1 Å². The Kier molecular flexibility index (Phi) is 5.45. The van der Waals surface area contributed by atoms with Crippen LogP contribution in [-0.4, -0.2) is 49.4 Å². The quantitative estimate of drug-likeness (QED) is 0.706. The Morgan fingerprint density at radius 2 is 2.14 bits per heavy atom. The second-order valence-electron chi connectivity index (χ2n) is 5.56. The Hall–Kier alpha value is -1.30. The first kappa shape index (κ1) is 16.1. The molecular formula is C15H23F2N3O. The maximum absolute atomic E-state index is 13.8. The number of ether oxygens (including phenoxy) is 1. The Balaban J connectivity index is 1.97. The highest BCUT2D eigenvalue weighted by molar-refractivity contribution is 6.46. The number of nitrogens with zero attached hydrogens (tertiary/aromatic N) is 3. The van der Waals surface area contributed by atoms with Gasteiger partial charge in [0.1, 0.15) is 12.4 Å². The molecule has 0 saturated heterocycles. The van der Waals surface area contributed by atoms with Crippen LogP contribution in [0, 0.1) is 0 Å². The van der Waals surface area contributed by atoms with E-state index in [0.717, 1.165) is 31.4 Å². The second kappa shape index (κ2) is 7.11. The van der Waals surface area contributed by atoms with Crippen molar-refractivity contribution in [2.24, 2.45) is 9.98 Å². The summed E-state index contributed by atoms with van der Waals surface area (Å²) in [5.41, 5.74) is 1.43. The molecule has 0 aromatic carbocycles. The van der Waals surface area contributed by atoms with Crippen LogP contribution in [0.1, 0.15) is 39.0 Å². The van der Waals surface area contributed by atoms with Crippen LogP contribution in [0.15, 0.2) is 21.6 Å². The van der Waals surface area contributed by atoms with E-state index in [0.29, 0.717) is 18.7 Å². The molecule has 2 heterocycles. The van der Waals surface area contributed by atoms with Gasteiger partial charge in [-0.3, -0.25) is 4.99 Å². The number of likely N-dealkylation sites (N-methyl/N-ethyl adjacent to an activating group) is 1. The summed E-state index contributed by atoms with van der Waals surface area (Å²) in [5.74, 6) is -0.00181. The lowest BCUT2D eigenvalue weighted by Crippen LogP contribution is -2.34. The third-order valence-electron chi connectivity index (χ3n) is 3.61. The maximum atomic E-state index is 13.8. The lowest BCUT2D eigenvalue weighted by Gasteiger charge is -2.24. The van der Waals surface area contributed by atoms with E-state index in [1.165, 1.54) is 0 Å². The van der Waals surface area contributed by atoms with Gasteiger partial charge in [-0.15, -0.1) is 0 Å². The highest BCUT2D eigenvalue weighted by atomic mass is 19.3. The van der Waals surface area contributed by atoms with Crippen LogP contribution in [0.5, 0.6) is 0 Å². The van der Waals surface area contributed by atoms with Crippen LogP contribution in [0.3, 0.4) is 0 Å². The monoisotopic (exact) mass is 299 g/mol. The van der Waals surface area contributed by atoms with Crippen LogP contribution in [0.2, 0.25) is 0 Å². The number of hydrogen-bond acceptors (Lipinski definition) is 4. The third-order valence-corrected chi connectivity index (χ3v) is 3.61. The summed E-state index contributed by atoms with van der Waals surface area (Å²) in [5, 5.41) is 0. The smallest absolute Gasteiger partial charge is 0.399 e. The minimum atomic E-state index is -3.17. The summed E-state index contributed by atoms with van der Waals surface area (Å²) >= 11 is 0. The van der Waals surface area contributed by atoms with Crippen LogP contribution in [-0.2, 0) is 4.74 Å². The molecular weight excluding hydrogens is 276 g/mol. The molecule has 0 aromatic rings. The molecule has 2 rings (SSSR count). The molecule has 0 saturated carbocycles. The Labute approximate surface area is 124 Å². The zero-order valence-corrected chi connectivity index (χ0v) is 12.7. The number of aliphatic imine (C=N–C) groups is 2. The molecule has 0 unspecified atom stereocenters. The summed E-state index contributed by atoms with van der Waals surface area (Å²) in [6, 6.07) is 0. The lowest BCUT2D eigenvalue weighted by molar-refractivity contribution is -0.189. The van der Waals surface area contributed by atoms with Crippen LogP contribution < -0.4 is 0 Å². The van der Waals surface area contributed by atoms with E-state index in [1.54, 1.807) is 0 Å². The number of rotatable bonds is 6. The third kappa shape index (κ3) is 4.59. The van der Waals surface area contributed by atoms with E-state index in [2.05, 4.69) is 14.9 Å². The summed E-state index contributed by atoms with van der Waals surface area (Å²) in [6.45, 7) is 3.83. The minimum absolute atomic E-state index is 0.00181. The molecule has 0 bridgehead atoms. The fraction of sp³-hybridized carbons (Fsp3) is 0.733. The van der Waals surface area contributed by atoms with Crippen molar-refractivity contribution in [3.05, 3.63) is 11.6 Å². The van der Waals surface area contributed by atoms with E-state index in [4.69, 9.17) is 4.74 Å². The molecule has 118 valence electrons. The van der Waals surface area contributed by atoms with Gasteiger partial charge in [-0.2, -0.15) is 8.78 Å². The number of unbranched alkanes of at least 4 members (excludes halogenated alkanes) is 2. The number of hydrogen-bond donors (Lipinski definition) is 0. The Bertz CT molecular complexity index is 458. The maximum Gasteiger partial charge on any atom is 0.399 e. The zero-order chi connectivity index (χ0) is 15.3. The van der Waals surface area contributed by atoms with Gasteiger partial charge in [0.25, 0.3) is 0 Å². The van der Waals surface area contributed by atoms with Gasteiger partial charge in [0, 0.05) is 13.1 Å². The van der Waals surface area contributed by atoms with Crippen molar-refractivity contribution in [1.29, 1.82) is 0 Å². The van der Waals surface area contributed by atoms with Crippen molar-refractivity contribution in [3.63, 3.8) is 0 Å². The summed E-state index contributed by atoms with van der Waals surface area (Å²) in [6.07, 6.45) is 1.63. The summed E-state index contributed by atoms with van der Waals surface area (Å²) in [4.78, 5) is 10.3. The van der Waals surface area contributed by atoms with Gasteiger partial charge in [-0.25, -0.2) is 4.99 Å². The zero-order valence-electron chi connectivity index (χ0n) is 12.7. The summed E-state index contributed by atoms with van der Waals surface area (Å²) < 4.78 is 32.5. The number of halogens is 2. The molecule has 6 heteroatoms. The molecule has 0 aromatic heterocycles. The second-order valence-corrected chi connectivity index (χ2v) is 5.56. The van der Waals surface area contributed by atoms with Gasteiger partial charge >= 0.3 is 6.11 Å². The Morgan fingerprint density at radius 3 is 2.86 bits per heavy atom. The fourth-order valence-corrected chi connectivity index (χ4v) is 2.47. The van der Waals surface area contributed by atoms with Gasteiger partial charge in [-0.05, 0) is 25.5 Å². The predicted octanol–water partition coefficient (Wildman–Crippen LogP) is 3.25. The van der Waals surface area contributed by atoms with Crippen molar-refractivity contribution < 1.29 is 13.5 Å². The van der Waals surface area contributed by atoms with E-state index < -0.39 is 6.11 Å². The number of alkyl halides is 2. The van der Waals surface area contributed by atoms with Crippen molar-refractivity contribution in [3.8, 4) is 0 Å². The van der Waals surface area contributed by atoms with Crippen molar-refractivity contribution in [2.75, 3.05) is 26.8 Å². The first-order chi connectivity index (χ1) is 10.0. The molecule has 0 atom stereocenters. The summed E-state index contributed by atoms with van der Waals surface area (Å²) in [7, 11) is 2.00. The Morgan fingerprint density at radius 1 is 1.33 bits per heavy atom. The van der Waals surface area contributed by atoms with Gasteiger partial charge in [0.2, 0.25) is 5.90 Å². The molecule has 0 spiro atoms. The normalized spacial score (nSPS) is 20.1. The van der Waals surface area contributed by atoms with E-state index in [1.807, 2.05) is 20.0 Å². The van der Waals surface area contributed by atoms with E-state index in [9.17, 15) is 8.78 Å². The van der Waals surface area contributed by atoms with E-state index in [-0.39, 0.29) is 19.0 Å². The van der Waals surface area contributed by atoms with Crippen molar-refractivity contribution in [1.82, 2.24) is 4.90 Å². The van der Waals surface area contributed by atoms with Crippen LogP contribution >= 0.6 is 0 Å². The topological polar surface area (TPSA) is 37.2 Å². The first-order valence-corrected chi connectivity index (χ1v) is 7.56. The molecule has 0 amide bonds. The molecule has 0 N–H and O–H groups in total. The minimum Gasteiger partial charge on any atom is -0.413 e. The molecule has 0 aliphatic carbocycles. The van der Waals surface area contributed by atoms with Gasteiger partial charge in [0.05, 0.1) is 6.42 Å². The molecule has 2 aliphatic heterocycles. The van der Waals surface area contributed by atoms with E-state index >= 15 is 0 Å². The van der Waals surface area contributed by atoms with Gasteiger partial charge in [0.15, 0.2) is 0 Å². The van der Waals surface area contributed by atoms with Gasteiger partial charge in [-0.1, -0.05) is 25.8 Å². The average Bonchev–Trinajstić information content (AvgIpc) is 2.86. The predicted molar refractivity (Wildman–Crippen MR) is 80.1 cm³/mol. The largest absolute Gasteiger partial charge is 0.413 e. The highest BCUT2D eigenvalue weighted by Crippen LogP contribution is 2.26. The van der Waals surface area contributed by atoms with Gasteiger partial charge < -0.3 is 9.64 Å².